The first-order valence-corrected chi connectivity index (χ1v) is 4.03. The molecule has 3 heteroatoms. The van der Waals surface area contributed by atoms with Gasteiger partial charge < -0.3 is 9.47 Å². The second-order valence-corrected chi connectivity index (χ2v) is 2.88. The number of aryl methyl sites for hydroxylation is 1. The lowest BCUT2D eigenvalue weighted by atomic mass is 10.4. The molecule has 0 atom stereocenters. The van der Waals surface area contributed by atoms with Gasteiger partial charge in [-0.05, 0) is 19.1 Å². The first-order valence-electron chi connectivity index (χ1n) is 4.03. The van der Waals surface area contributed by atoms with Crippen molar-refractivity contribution in [2.45, 2.75) is 13.5 Å². The van der Waals surface area contributed by atoms with Gasteiger partial charge in [0.1, 0.15) is 5.69 Å². The molecule has 0 saturated heterocycles. The van der Waals surface area contributed by atoms with Gasteiger partial charge in [0.25, 0.3) is 5.91 Å². The molecular formula is C9H14N2O. The predicted octanol–water partition coefficient (Wildman–Crippen LogP) is 1.21. The van der Waals surface area contributed by atoms with Crippen LogP contribution in [0.3, 0.4) is 0 Å². The molecule has 0 N–H and O–H groups in total. The molecule has 3 nitrogen and oxygen atoms in total. The van der Waals surface area contributed by atoms with Crippen molar-refractivity contribution in [3.05, 3.63) is 24.0 Å². The predicted molar refractivity (Wildman–Crippen MR) is 48.1 cm³/mol. The Morgan fingerprint density at radius 3 is 2.75 bits per heavy atom. The first-order chi connectivity index (χ1) is 5.66. The number of carbonyl (C=O) groups excluding carboxylic acids is 1. The van der Waals surface area contributed by atoms with E-state index in [4.69, 9.17) is 0 Å². The van der Waals surface area contributed by atoms with Crippen molar-refractivity contribution in [3.8, 4) is 0 Å². The van der Waals surface area contributed by atoms with E-state index in [1.165, 1.54) is 0 Å². The zero-order chi connectivity index (χ0) is 9.14. The molecular weight excluding hydrogens is 152 g/mol. The van der Waals surface area contributed by atoms with Gasteiger partial charge in [0, 0.05) is 26.8 Å². The van der Waals surface area contributed by atoms with E-state index < -0.39 is 0 Å². The summed E-state index contributed by atoms with van der Waals surface area (Å²) >= 11 is 0. The lowest BCUT2D eigenvalue weighted by molar-refractivity contribution is 0.0817. The molecule has 0 aliphatic carbocycles. The number of rotatable bonds is 2. The van der Waals surface area contributed by atoms with E-state index in [1.807, 2.05) is 29.8 Å². The molecule has 1 aromatic rings. The molecule has 0 fully saturated rings. The first kappa shape index (κ1) is 8.84. The second-order valence-electron chi connectivity index (χ2n) is 2.88. The molecule has 1 heterocycles. The van der Waals surface area contributed by atoms with Crippen LogP contribution in [0.4, 0.5) is 0 Å². The molecule has 0 spiro atoms. The summed E-state index contributed by atoms with van der Waals surface area (Å²) in [5.74, 6) is 0.0573. The number of nitrogens with zero attached hydrogens (tertiary/aromatic N) is 2. The molecule has 0 radical (unpaired) electrons. The minimum absolute atomic E-state index is 0.0573. The Labute approximate surface area is 72.6 Å². The summed E-state index contributed by atoms with van der Waals surface area (Å²) in [7, 11) is 3.52. The number of hydrogen-bond donors (Lipinski definition) is 0. The number of aromatic nitrogens is 1. The summed E-state index contributed by atoms with van der Waals surface area (Å²) in [5.41, 5.74) is 0.752. The number of hydrogen-bond acceptors (Lipinski definition) is 1. The molecule has 1 aromatic heterocycles. The minimum atomic E-state index is 0.0573. The highest BCUT2D eigenvalue weighted by Crippen LogP contribution is 2.04. The van der Waals surface area contributed by atoms with Gasteiger partial charge in [0.05, 0.1) is 0 Å². The van der Waals surface area contributed by atoms with Crippen molar-refractivity contribution >= 4 is 5.91 Å². The van der Waals surface area contributed by atoms with Crippen LogP contribution >= 0.6 is 0 Å². The number of carbonyl (C=O) groups is 1. The maximum absolute atomic E-state index is 11.5. The summed E-state index contributed by atoms with van der Waals surface area (Å²) in [4.78, 5) is 13.1. The summed E-state index contributed by atoms with van der Waals surface area (Å²) < 4.78 is 1.93. The molecule has 0 unspecified atom stereocenters. The van der Waals surface area contributed by atoms with Crippen molar-refractivity contribution in [2.24, 2.45) is 0 Å². The van der Waals surface area contributed by atoms with Crippen LogP contribution in [0.15, 0.2) is 18.3 Å². The maximum Gasteiger partial charge on any atom is 0.269 e. The van der Waals surface area contributed by atoms with Gasteiger partial charge in [-0.15, -0.1) is 0 Å². The lowest BCUT2D eigenvalue weighted by Crippen LogP contribution is -2.24. The Morgan fingerprint density at radius 1 is 1.58 bits per heavy atom. The van der Waals surface area contributed by atoms with Crippen molar-refractivity contribution in [2.75, 3.05) is 14.1 Å². The Balaban J connectivity index is 2.94. The van der Waals surface area contributed by atoms with Crippen molar-refractivity contribution in [1.82, 2.24) is 9.47 Å². The van der Waals surface area contributed by atoms with Crippen LogP contribution in [0.5, 0.6) is 0 Å². The molecule has 66 valence electrons. The van der Waals surface area contributed by atoms with E-state index in [1.54, 1.807) is 19.0 Å². The van der Waals surface area contributed by atoms with Crippen LogP contribution in [-0.2, 0) is 6.54 Å². The fraction of sp³-hybridized carbons (Fsp3) is 0.444. The van der Waals surface area contributed by atoms with Crippen LogP contribution in [0.25, 0.3) is 0 Å². The van der Waals surface area contributed by atoms with Crippen LogP contribution < -0.4 is 0 Å². The number of amides is 1. The Morgan fingerprint density at radius 2 is 2.25 bits per heavy atom. The minimum Gasteiger partial charge on any atom is -0.344 e. The highest BCUT2D eigenvalue weighted by molar-refractivity contribution is 5.92. The summed E-state index contributed by atoms with van der Waals surface area (Å²) in [6, 6.07) is 3.73. The van der Waals surface area contributed by atoms with Gasteiger partial charge in [-0.3, -0.25) is 4.79 Å². The summed E-state index contributed by atoms with van der Waals surface area (Å²) in [5, 5.41) is 0. The molecule has 12 heavy (non-hydrogen) atoms. The van der Waals surface area contributed by atoms with E-state index >= 15 is 0 Å². The van der Waals surface area contributed by atoms with Gasteiger partial charge >= 0.3 is 0 Å². The molecule has 1 amide bonds. The van der Waals surface area contributed by atoms with E-state index in [0.717, 1.165) is 12.2 Å². The van der Waals surface area contributed by atoms with E-state index in [0.29, 0.717) is 0 Å². The van der Waals surface area contributed by atoms with Crippen molar-refractivity contribution in [3.63, 3.8) is 0 Å². The fourth-order valence-corrected chi connectivity index (χ4v) is 1.11. The van der Waals surface area contributed by atoms with Gasteiger partial charge in [0.15, 0.2) is 0 Å². The Kier molecular flexibility index (Phi) is 2.53. The summed E-state index contributed by atoms with van der Waals surface area (Å²) in [6.07, 6.45) is 1.91. The summed E-state index contributed by atoms with van der Waals surface area (Å²) in [6.45, 7) is 2.86. The zero-order valence-corrected chi connectivity index (χ0v) is 7.74. The molecule has 0 aromatic carbocycles. The SMILES string of the molecule is CCn1cccc1C(=O)N(C)C. The largest absolute Gasteiger partial charge is 0.344 e. The molecule has 0 aliphatic rings. The van der Waals surface area contributed by atoms with Gasteiger partial charge in [-0.1, -0.05) is 0 Å². The highest BCUT2D eigenvalue weighted by atomic mass is 16.2. The Bertz CT molecular complexity index is 276. The lowest BCUT2D eigenvalue weighted by Gasteiger charge is -2.11. The normalized spacial score (nSPS) is 9.92. The monoisotopic (exact) mass is 166 g/mol. The van der Waals surface area contributed by atoms with E-state index in [2.05, 4.69) is 0 Å². The third-order valence-electron chi connectivity index (χ3n) is 1.80. The molecule has 0 aliphatic heterocycles. The highest BCUT2D eigenvalue weighted by Gasteiger charge is 2.10. The molecule has 1 rings (SSSR count). The van der Waals surface area contributed by atoms with Gasteiger partial charge in [0.2, 0.25) is 0 Å². The van der Waals surface area contributed by atoms with Crippen molar-refractivity contribution in [1.29, 1.82) is 0 Å². The van der Waals surface area contributed by atoms with Crippen LogP contribution in [0, 0.1) is 0 Å². The third-order valence-corrected chi connectivity index (χ3v) is 1.80. The van der Waals surface area contributed by atoms with E-state index in [9.17, 15) is 4.79 Å². The van der Waals surface area contributed by atoms with Crippen molar-refractivity contribution < 1.29 is 4.79 Å². The smallest absolute Gasteiger partial charge is 0.269 e. The van der Waals surface area contributed by atoms with Gasteiger partial charge in [-0.2, -0.15) is 0 Å². The standard InChI is InChI=1S/C9H14N2O/c1-4-11-7-5-6-8(11)9(12)10(2)3/h5-7H,4H2,1-3H3. The zero-order valence-electron chi connectivity index (χ0n) is 7.74. The quantitative estimate of drug-likeness (QED) is 0.648. The van der Waals surface area contributed by atoms with E-state index in [-0.39, 0.29) is 5.91 Å². The van der Waals surface area contributed by atoms with Crippen LogP contribution in [0.2, 0.25) is 0 Å². The average Bonchev–Trinajstić information content (AvgIpc) is 2.49. The topological polar surface area (TPSA) is 25.2 Å². The maximum atomic E-state index is 11.5. The average molecular weight is 166 g/mol. The molecule has 0 saturated carbocycles. The third kappa shape index (κ3) is 1.49. The molecule has 0 bridgehead atoms. The fourth-order valence-electron chi connectivity index (χ4n) is 1.11. The van der Waals surface area contributed by atoms with Crippen LogP contribution in [0.1, 0.15) is 17.4 Å². The second kappa shape index (κ2) is 3.43. The van der Waals surface area contributed by atoms with Crippen LogP contribution in [-0.4, -0.2) is 29.5 Å². The Hall–Kier alpha value is -1.25. The van der Waals surface area contributed by atoms with Gasteiger partial charge in [-0.25, -0.2) is 0 Å².